The highest BCUT2D eigenvalue weighted by Crippen LogP contribution is 2.29. The van der Waals surface area contributed by atoms with Gasteiger partial charge in [0, 0.05) is 25.0 Å². The van der Waals surface area contributed by atoms with Crippen molar-refractivity contribution in [1.29, 1.82) is 0 Å². The van der Waals surface area contributed by atoms with Crippen molar-refractivity contribution in [2.24, 2.45) is 23.5 Å². The van der Waals surface area contributed by atoms with Crippen molar-refractivity contribution >= 4 is 5.91 Å². The fraction of sp³-hybridized carbons (Fsp3) is 0.929. The van der Waals surface area contributed by atoms with Gasteiger partial charge >= 0.3 is 0 Å². The third-order valence-electron chi connectivity index (χ3n) is 4.62. The highest BCUT2D eigenvalue weighted by molar-refractivity contribution is 5.79. The zero-order valence-corrected chi connectivity index (χ0v) is 11.4. The first-order valence-corrected chi connectivity index (χ1v) is 7.31. The molecule has 1 aliphatic carbocycles. The Balaban J connectivity index is 1.79. The van der Waals surface area contributed by atoms with Crippen LogP contribution in [-0.2, 0) is 9.53 Å². The molecule has 0 aromatic rings. The Bertz CT molecular complexity index is 283. The standard InChI is InChI=1S/C14H26N2O2/c1-10-12(6-7-18-10)9-16-14(17)13-5-3-2-4-11(13)8-15/h10-13H,2-9,15H2,1H3,(H,16,17). The summed E-state index contributed by atoms with van der Waals surface area (Å²) in [6, 6.07) is 0. The molecular formula is C14H26N2O2. The molecule has 18 heavy (non-hydrogen) atoms. The molecule has 2 aliphatic rings. The monoisotopic (exact) mass is 254 g/mol. The smallest absolute Gasteiger partial charge is 0.223 e. The van der Waals surface area contributed by atoms with Crippen molar-refractivity contribution in [2.45, 2.75) is 45.1 Å². The number of ether oxygens (including phenoxy) is 1. The second-order valence-electron chi connectivity index (χ2n) is 5.76. The summed E-state index contributed by atoms with van der Waals surface area (Å²) in [5, 5.41) is 3.11. The largest absolute Gasteiger partial charge is 0.378 e. The first-order chi connectivity index (χ1) is 8.72. The molecule has 4 heteroatoms. The van der Waals surface area contributed by atoms with E-state index < -0.39 is 0 Å². The van der Waals surface area contributed by atoms with Gasteiger partial charge in [-0.15, -0.1) is 0 Å². The second kappa shape index (κ2) is 6.53. The van der Waals surface area contributed by atoms with Gasteiger partial charge in [-0.05, 0) is 38.6 Å². The summed E-state index contributed by atoms with van der Waals surface area (Å²) in [4.78, 5) is 12.2. The van der Waals surface area contributed by atoms with E-state index >= 15 is 0 Å². The van der Waals surface area contributed by atoms with Crippen molar-refractivity contribution in [3.05, 3.63) is 0 Å². The molecule has 0 spiro atoms. The number of carbonyl (C=O) groups excluding carboxylic acids is 1. The van der Waals surface area contributed by atoms with E-state index in [1.165, 1.54) is 6.42 Å². The van der Waals surface area contributed by atoms with Crippen molar-refractivity contribution < 1.29 is 9.53 Å². The molecule has 4 unspecified atom stereocenters. The summed E-state index contributed by atoms with van der Waals surface area (Å²) in [6.45, 7) is 4.32. The lowest BCUT2D eigenvalue weighted by Gasteiger charge is -2.30. The molecule has 0 aromatic heterocycles. The molecule has 1 aliphatic heterocycles. The van der Waals surface area contributed by atoms with E-state index in [2.05, 4.69) is 12.2 Å². The van der Waals surface area contributed by atoms with Crippen LogP contribution in [0.2, 0.25) is 0 Å². The molecule has 3 N–H and O–H groups in total. The minimum Gasteiger partial charge on any atom is -0.378 e. The van der Waals surface area contributed by atoms with Crippen LogP contribution in [0.3, 0.4) is 0 Å². The normalized spacial score (nSPS) is 36.6. The third-order valence-corrected chi connectivity index (χ3v) is 4.62. The van der Waals surface area contributed by atoms with E-state index in [1.54, 1.807) is 0 Å². The van der Waals surface area contributed by atoms with Gasteiger partial charge in [-0.1, -0.05) is 12.8 Å². The number of nitrogens with one attached hydrogen (secondary N) is 1. The van der Waals surface area contributed by atoms with Crippen molar-refractivity contribution in [2.75, 3.05) is 19.7 Å². The van der Waals surface area contributed by atoms with Crippen LogP contribution in [0.1, 0.15) is 39.0 Å². The maximum atomic E-state index is 12.2. The van der Waals surface area contributed by atoms with Crippen LogP contribution in [-0.4, -0.2) is 31.7 Å². The maximum Gasteiger partial charge on any atom is 0.223 e. The zero-order valence-electron chi connectivity index (χ0n) is 11.4. The summed E-state index contributed by atoms with van der Waals surface area (Å²) in [5.41, 5.74) is 5.77. The minimum atomic E-state index is 0.140. The number of hydrogen-bond acceptors (Lipinski definition) is 3. The average molecular weight is 254 g/mol. The predicted molar refractivity (Wildman–Crippen MR) is 71.0 cm³/mol. The van der Waals surface area contributed by atoms with Gasteiger partial charge in [0.05, 0.1) is 6.10 Å². The van der Waals surface area contributed by atoms with E-state index in [1.807, 2.05) is 0 Å². The van der Waals surface area contributed by atoms with E-state index in [0.29, 0.717) is 18.4 Å². The third kappa shape index (κ3) is 3.23. The number of amides is 1. The number of carbonyl (C=O) groups is 1. The van der Waals surface area contributed by atoms with Crippen LogP contribution in [0.15, 0.2) is 0 Å². The SMILES string of the molecule is CC1OCCC1CNC(=O)C1CCCCC1CN. The molecular weight excluding hydrogens is 228 g/mol. The fourth-order valence-corrected chi connectivity index (χ4v) is 3.24. The average Bonchev–Trinajstić information content (AvgIpc) is 2.81. The second-order valence-corrected chi connectivity index (χ2v) is 5.76. The van der Waals surface area contributed by atoms with Gasteiger partial charge in [0.15, 0.2) is 0 Å². The van der Waals surface area contributed by atoms with Gasteiger partial charge in [0.1, 0.15) is 0 Å². The van der Waals surface area contributed by atoms with Gasteiger partial charge < -0.3 is 15.8 Å². The predicted octanol–water partition coefficient (Wildman–Crippen LogP) is 1.29. The van der Waals surface area contributed by atoms with Gasteiger partial charge in [-0.2, -0.15) is 0 Å². The van der Waals surface area contributed by atoms with Gasteiger partial charge in [-0.25, -0.2) is 0 Å². The van der Waals surface area contributed by atoms with E-state index in [0.717, 1.165) is 38.8 Å². The molecule has 104 valence electrons. The molecule has 0 aromatic carbocycles. The Kier molecular flexibility index (Phi) is 5.01. The van der Waals surface area contributed by atoms with E-state index in [4.69, 9.17) is 10.5 Å². The quantitative estimate of drug-likeness (QED) is 0.794. The Morgan fingerprint density at radius 2 is 2.06 bits per heavy atom. The van der Waals surface area contributed by atoms with Crippen LogP contribution in [0.4, 0.5) is 0 Å². The van der Waals surface area contributed by atoms with Crippen LogP contribution < -0.4 is 11.1 Å². The molecule has 0 radical (unpaired) electrons. The molecule has 2 fully saturated rings. The van der Waals surface area contributed by atoms with Crippen LogP contribution in [0, 0.1) is 17.8 Å². The zero-order chi connectivity index (χ0) is 13.0. The molecule has 0 bridgehead atoms. The Morgan fingerprint density at radius 1 is 1.28 bits per heavy atom. The minimum absolute atomic E-state index is 0.140. The Hall–Kier alpha value is -0.610. The Labute approximate surface area is 110 Å². The van der Waals surface area contributed by atoms with Gasteiger partial charge in [0.25, 0.3) is 0 Å². The van der Waals surface area contributed by atoms with E-state index in [-0.39, 0.29) is 17.9 Å². The first kappa shape index (κ1) is 13.8. The first-order valence-electron chi connectivity index (χ1n) is 7.31. The highest BCUT2D eigenvalue weighted by atomic mass is 16.5. The summed E-state index contributed by atoms with van der Waals surface area (Å²) < 4.78 is 5.51. The van der Waals surface area contributed by atoms with Crippen LogP contribution in [0.25, 0.3) is 0 Å². The molecule has 4 atom stereocenters. The summed E-state index contributed by atoms with van der Waals surface area (Å²) in [5.74, 6) is 1.22. The molecule has 1 saturated heterocycles. The number of rotatable bonds is 4. The maximum absolute atomic E-state index is 12.2. The Morgan fingerprint density at radius 3 is 2.72 bits per heavy atom. The summed E-state index contributed by atoms with van der Waals surface area (Å²) in [6.07, 6.45) is 5.84. The summed E-state index contributed by atoms with van der Waals surface area (Å²) >= 11 is 0. The molecule has 4 nitrogen and oxygen atoms in total. The van der Waals surface area contributed by atoms with Gasteiger partial charge in [-0.3, -0.25) is 4.79 Å². The topological polar surface area (TPSA) is 64.3 Å². The summed E-state index contributed by atoms with van der Waals surface area (Å²) in [7, 11) is 0. The van der Waals surface area contributed by atoms with Gasteiger partial charge in [0.2, 0.25) is 5.91 Å². The van der Waals surface area contributed by atoms with E-state index in [9.17, 15) is 4.79 Å². The number of nitrogens with two attached hydrogens (primary N) is 1. The van der Waals surface area contributed by atoms with Crippen molar-refractivity contribution in [1.82, 2.24) is 5.32 Å². The molecule has 1 amide bonds. The van der Waals surface area contributed by atoms with Crippen LogP contribution in [0.5, 0.6) is 0 Å². The lowest BCUT2D eigenvalue weighted by molar-refractivity contribution is -0.127. The molecule has 2 rings (SSSR count). The van der Waals surface area contributed by atoms with Crippen molar-refractivity contribution in [3.63, 3.8) is 0 Å². The molecule has 1 heterocycles. The highest BCUT2D eigenvalue weighted by Gasteiger charge is 2.31. The lowest BCUT2D eigenvalue weighted by Crippen LogP contribution is -2.41. The van der Waals surface area contributed by atoms with Crippen LogP contribution >= 0.6 is 0 Å². The molecule has 1 saturated carbocycles. The lowest BCUT2D eigenvalue weighted by atomic mass is 9.78. The fourth-order valence-electron chi connectivity index (χ4n) is 3.24. The van der Waals surface area contributed by atoms with Crippen molar-refractivity contribution in [3.8, 4) is 0 Å². The number of hydrogen-bond donors (Lipinski definition) is 2.